The molecule has 0 atom stereocenters. The summed E-state index contributed by atoms with van der Waals surface area (Å²) < 4.78 is 0. The fourth-order valence-electron chi connectivity index (χ4n) is 2.07. The Balaban J connectivity index is 3.49. The molecule has 0 aromatic rings. The van der Waals surface area contributed by atoms with E-state index in [-0.39, 0.29) is 11.8 Å². The van der Waals surface area contributed by atoms with Gasteiger partial charge < -0.3 is 10.6 Å². The Morgan fingerprint density at radius 3 is 1.39 bits per heavy atom. The van der Waals surface area contributed by atoms with Gasteiger partial charge in [-0.15, -0.1) is 0 Å². The highest BCUT2D eigenvalue weighted by Gasteiger charge is 2.07. The molecule has 28 heavy (non-hydrogen) atoms. The van der Waals surface area contributed by atoms with Crippen molar-refractivity contribution in [3.8, 4) is 0 Å². The Hall–Kier alpha value is -1.42. The number of imide groups is 2. The summed E-state index contributed by atoms with van der Waals surface area (Å²) in [6.45, 7) is 5.02. The van der Waals surface area contributed by atoms with E-state index < -0.39 is 12.1 Å². The molecule has 0 aliphatic rings. The molecule has 0 aromatic heterocycles. The Morgan fingerprint density at radius 2 is 1.04 bits per heavy atom. The zero-order valence-electron chi connectivity index (χ0n) is 16.9. The molecular weight excluding hydrogens is 400 g/mol. The van der Waals surface area contributed by atoms with Crippen LogP contribution in [0.1, 0.15) is 65.2 Å². The van der Waals surface area contributed by atoms with Crippen LogP contribution in [0.25, 0.3) is 0 Å². The number of hydrogen-bond donors (Lipinski definition) is 4. The highest BCUT2D eigenvalue weighted by Crippen LogP contribution is 2.19. The van der Waals surface area contributed by atoms with Gasteiger partial charge in [0.1, 0.15) is 0 Å². The standard InChI is InChI=1S/C18H34N4O4S2/c1-3-5-7-9-15(23)21-17(25)19-11-13-27-28-14-12-20-18(26)22-16(24)10-8-6-4-2/h3-14H2,1-2H3,(H2,19,21,23,25)(H2,20,22,24,26). The molecule has 6 amide bonds. The van der Waals surface area contributed by atoms with E-state index in [0.29, 0.717) is 37.4 Å². The summed E-state index contributed by atoms with van der Waals surface area (Å²) in [6, 6.07) is -0.928. The first-order valence-corrected chi connectivity index (χ1v) is 12.4. The van der Waals surface area contributed by atoms with E-state index in [4.69, 9.17) is 0 Å². The van der Waals surface area contributed by atoms with Crippen molar-refractivity contribution in [2.75, 3.05) is 24.6 Å². The zero-order valence-corrected chi connectivity index (χ0v) is 18.6. The highest BCUT2D eigenvalue weighted by molar-refractivity contribution is 8.76. The lowest BCUT2D eigenvalue weighted by atomic mass is 10.2. The van der Waals surface area contributed by atoms with Crippen LogP contribution >= 0.6 is 21.6 Å². The highest BCUT2D eigenvalue weighted by atomic mass is 33.1. The van der Waals surface area contributed by atoms with Crippen LogP contribution in [-0.2, 0) is 9.59 Å². The maximum atomic E-state index is 11.5. The van der Waals surface area contributed by atoms with Crippen molar-refractivity contribution < 1.29 is 19.2 Å². The van der Waals surface area contributed by atoms with Gasteiger partial charge in [-0.25, -0.2) is 9.59 Å². The molecule has 0 aliphatic heterocycles. The molecule has 0 aliphatic carbocycles. The lowest BCUT2D eigenvalue weighted by Gasteiger charge is -2.07. The molecule has 0 fully saturated rings. The maximum absolute atomic E-state index is 11.5. The van der Waals surface area contributed by atoms with E-state index in [2.05, 4.69) is 35.1 Å². The van der Waals surface area contributed by atoms with Crippen LogP contribution in [-0.4, -0.2) is 48.5 Å². The topological polar surface area (TPSA) is 116 Å². The fourth-order valence-corrected chi connectivity index (χ4v) is 3.88. The monoisotopic (exact) mass is 434 g/mol. The predicted molar refractivity (Wildman–Crippen MR) is 116 cm³/mol. The average molecular weight is 435 g/mol. The number of amides is 6. The molecule has 0 aromatic carbocycles. The quantitative estimate of drug-likeness (QED) is 0.232. The van der Waals surface area contributed by atoms with Gasteiger partial charge in [-0.2, -0.15) is 0 Å². The van der Waals surface area contributed by atoms with Gasteiger partial charge in [-0.1, -0.05) is 61.1 Å². The predicted octanol–water partition coefficient (Wildman–Crippen LogP) is 3.18. The van der Waals surface area contributed by atoms with Crippen molar-refractivity contribution in [2.45, 2.75) is 65.2 Å². The summed E-state index contributed by atoms with van der Waals surface area (Å²) in [5, 5.41) is 9.88. The lowest BCUT2D eigenvalue weighted by molar-refractivity contribution is -0.121. The average Bonchev–Trinajstić information content (AvgIpc) is 2.64. The van der Waals surface area contributed by atoms with Crippen LogP contribution in [0.5, 0.6) is 0 Å². The summed E-state index contributed by atoms with van der Waals surface area (Å²) in [4.78, 5) is 46.0. The largest absolute Gasteiger partial charge is 0.337 e. The van der Waals surface area contributed by atoms with Gasteiger partial charge in [0, 0.05) is 37.4 Å². The van der Waals surface area contributed by atoms with Crippen molar-refractivity contribution in [1.29, 1.82) is 0 Å². The van der Waals surface area contributed by atoms with E-state index in [1.54, 1.807) is 21.6 Å². The second-order valence-electron chi connectivity index (χ2n) is 6.17. The number of unbranched alkanes of at least 4 members (excludes halogenated alkanes) is 4. The van der Waals surface area contributed by atoms with Gasteiger partial charge in [0.25, 0.3) is 0 Å². The summed E-state index contributed by atoms with van der Waals surface area (Å²) in [5.41, 5.74) is 0. The van der Waals surface area contributed by atoms with Crippen LogP contribution in [0.3, 0.4) is 0 Å². The van der Waals surface area contributed by atoms with Crippen molar-refractivity contribution in [3.63, 3.8) is 0 Å². The SMILES string of the molecule is CCCCCC(=O)NC(=O)NCCSSCCNC(=O)NC(=O)CCCCC. The number of urea groups is 2. The van der Waals surface area contributed by atoms with Crippen molar-refractivity contribution in [1.82, 2.24) is 21.3 Å². The van der Waals surface area contributed by atoms with E-state index in [1.165, 1.54) is 0 Å². The second kappa shape index (κ2) is 18.9. The summed E-state index contributed by atoms with van der Waals surface area (Å²) >= 11 is 0. The molecular formula is C18H34N4O4S2. The van der Waals surface area contributed by atoms with Gasteiger partial charge >= 0.3 is 12.1 Å². The fraction of sp³-hybridized carbons (Fsp3) is 0.778. The first kappa shape index (κ1) is 26.6. The minimum atomic E-state index is -0.464. The number of carbonyl (C=O) groups excluding carboxylic acids is 4. The third kappa shape index (κ3) is 18.0. The lowest BCUT2D eigenvalue weighted by Crippen LogP contribution is -2.40. The number of rotatable bonds is 15. The second-order valence-corrected chi connectivity index (χ2v) is 8.87. The summed E-state index contributed by atoms with van der Waals surface area (Å²) in [5.74, 6) is 0.872. The van der Waals surface area contributed by atoms with E-state index >= 15 is 0 Å². The molecule has 0 bridgehead atoms. The molecule has 0 heterocycles. The van der Waals surface area contributed by atoms with Crippen LogP contribution in [0, 0.1) is 0 Å². The van der Waals surface area contributed by atoms with E-state index in [9.17, 15) is 19.2 Å². The molecule has 4 N–H and O–H groups in total. The van der Waals surface area contributed by atoms with Crippen LogP contribution < -0.4 is 21.3 Å². The smallest absolute Gasteiger partial charge is 0.321 e. The van der Waals surface area contributed by atoms with Gasteiger partial charge in [0.2, 0.25) is 11.8 Å². The zero-order chi connectivity index (χ0) is 21.0. The van der Waals surface area contributed by atoms with Gasteiger partial charge in [-0.05, 0) is 12.8 Å². The van der Waals surface area contributed by atoms with E-state index in [1.807, 2.05) is 0 Å². The number of hydrogen-bond acceptors (Lipinski definition) is 6. The third-order valence-corrected chi connectivity index (χ3v) is 5.95. The molecule has 0 saturated carbocycles. The Labute approximate surface area is 175 Å². The first-order valence-electron chi connectivity index (χ1n) is 9.89. The molecule has 0 unspecified atom stereocenters. The molecule has 0 saturated heterocycles. The maximum Gasteiger partial charge on any atom is 0.321 e. The molecule has 0 radical (unpaired) electrons. The minimum Gasteiger partial charge on any atom is -0.337 e. The van der Waals surface area contributed by atoms with E-state index in [0.717, 1.165) is 38.5 Å². The van der Waals surface area contributed by atoms with Crippen LogP contribution in [0.4, 0.5) is 9.59 Å². The Bertz CT molecular complexity index is 437. The van der Waals surface area contributed by atoms with Gasteiger partial charge in [-0.3, -0.25) is 20.2 Å². The summed E-state index contributed by atoms with van der Waals surface area (Å²) in [7, 11) is 3.12. The molecule has 8 nitrogen and oxygen atoms in total. The van der Waals surface area contributed by atoms with Crippen molar-refractivity contribution in [3.05, 3.63) is 0 Å². The van der Waals surface area contributed by atoms with Crippen LogP contribution in [0.15, 0.2) is 0 Å². The molecule has 10 heteroatoms. The number of nitrogens with one attached hydrogen (secondary N) is 4. The van der Waals surface area contributed by atoms with Crippen LogP contribution in [0.2, 0.25) is 0 Å². The van der Waals surface area contributed by atoms with Gasteiger partial charge in [0.15, 0.2) is 0 Å². The molecule has 0 spiro atoms. The number of carbonyl (C=O) groups is 4. The van der Waals surface area contributed by atoms with Crippen molar-refractivity contribution in [2.24, 2.45) is 0 Å². The molecule has 0 rings (SSSR count). The molecule has 162 valence electrons. The minimum absolute atomic E-state index is 0.249. The Morgan fingerprint density at radius 1 is 0.643 bits per heavy atom. The summed E-state index contributed by atoms with van der Waals surface area (Å²) in [6.07, 6.45) is 6.36. The normalized spacial score (nSPS) is 10.2. The van der Waals surface area contributed by atoms with Crippen molar-refractivity contribution >= 4 is 45.5 Å². The Kier molecular flexibility index (Phi) is 18.0. The van der Waals surface area contributed by atoms with Gasteiger partial charge in [0.05, 0.1) is 0 Å². The third-order valence-electron chi connectivity index (χ3n) is 3.55. The first-order chi connectivity index (χ1) is 13.5.